The number of ether oxygens (including phenoxy) is 2. The minimum absolute atomic E-state index is 0.148. The summed E-state index contributed by atoms with van der Waals surface area (Å²) in [6.45, 7) is 3.84. The van der Waals surface area contributed by atoms with E-state index in [1.54, 1.807) is 48.5 Å². The molecule has 0 radical (unpaired) electrons. The Bertz CT molecular complexity index is 976. The summed E-state index contributed by atoms with van der Waals surface area (Å²) in [5.74, 6) is 0.518. The zero-order valence-corrected chi connectivity index (χ0v) is 17.3. The third kappa shape index (κ3) is 8.07. The molecule has 0 aliphatic heterocycles. The van der Waals surface area contributed by atoms with Gasteiger partial charge in [0, 0.05) is 0 Å². The SMILES string of the molecule is C=CS(=O)(=O)OCCCCCCOc1ccc(C(=O)Oc2ccc(C#N)cc2)cc1. The summed E-state index contributed by atoms with van der Waals surface area (Å²) >= 11 is 0. The molecule has 0 amide bonds. The van der Waals surface area contributed by atoms with Gasteiger partial charge in [0.25, 0.3) is 10.1 Å². The van der Waals surface area contributed by atoms with E-state index < -0.39 is 16.1 Å². The molecule has 0 N–H and O–H groups in total. The molecule has 2 aromatic carbocycles. The van der Waals surface area contributed by atoms with Gasteiger partial charge in [-0.3, -0.25) is 4.18 Å². The van der Waals surface area contributed by atoms with Crippen LogP contribution in [0.5, 0.6) is 11.5 Å². The third-order valence-electron chi connectivity index (χ3n) is 4.04. The zero-order valence-electron chi connectivity index (χ0n) is 16.5. The van der Waals surface area contributed by atoms with E-state index in [9.17, 15) is 13.2 Å². The van der Waals surface area contributed by atoms with Gasteiger partial charge in [-0.05, 0) is 67.8 Å². The molecule has 0 aromatic heterocycles. The van der Waals surface area contributed by atoms with Crippen LogP contribution in [0.4, 0.5) is 0 Å². The van der Waals surface area contributed by atoms with Crippen LogP contribution in [0.25, 0.3) is 0 Å². The van der Waals surface area contributed by atoms with Crippen molar-refractivity contribution in [2.75, 3.05) is 13.2 Å². The van der Waals surface area contributed by atoms with Crippen molar-refractivity contribution in [2.45, 2.75) is 25.7 Å². The number of nitriles is 1. The molecule has 2 rings (SSSR count). The molecule has 8 heteroatoms. The average molecular weight is 429 g/mol. The fourth-order valence-corrected chi connectivity index (χ4v) is 2.87. The number of esters is 1. The molecule has 0 fully saturated rings. The highest BCUT2D eigenvalue weighted by Gasteiger charge is 2.09. The van der Waals surface area contributed by atoms with Crippen molar-refractivity contribution in [1.29, 1.82) is 5.26 Å². The number of rotatable bonds is 12. The quantitative estimate of drug-likeness (QED) is 0.215. The molecule has 0 heterocycles. The maximum atomic E-state index is 12.2. The van der Waals surface area contributed by atoms with Gasteiger partial charge in [-0.25, -0.2) is 4.79 Å². The van der Waals surface area contributed by atoms with Crippen LogP contribution in [0.3, 0.4) is 0 Å². The second kappa shape index (κ2) is 11.8. The third-order valence-corrected chi connectivity index (χ3v) is 4.95. The highest BCUT2D eigenvalue weighted by atomic mass is 32.2. The maximum absolute atomic E-state index is 12.2. The van der Waals surface area contributed by atoms with Gasteiger partial charge in [0.1, 0.15) is 11.5 Å². The van der Waals surface area contributed by atoms with Gasteiger partial charge in [-0.2, -0.15) is 13.7 Å². The Balaban J connectivity index is 1.66. The molecule has 0 aliphatic rings. The first-order valence-electron chi connectivity index (χ1n) is 9.40. The predicted molar refractivity (Wildman–Crippen MR) is 112 cm³/mol. The largest absolute Gasteiger partial charge is 0.494 e. The van der Waals surface area contributed by atoms with Gasteiger partial charge < -0.3 is 9.47 Å². The van der Waals surface area contributed by atoms with Gasteiger partial charge >= 0.3 is 5.97 Å². The number of carbonyl (C=O) groups is 1. The van der Waals surface area contributed by atoms with Gasteiger partial charge in [0.05, 0.1) is 35.8 Å². The number of nitrogens with zero attached hydrogens (tertiary/aromatic N) is 1. The van der Waals surface area contributed by atoms with Crippen LogP contribution < -0.4 is 9.47 Å². The van der Waals surface area contributed by atoms with E-state index in [1.165, 1.54) is 0 Å². The van der Waals surface area contributed by atoms with Gasteiger partial charge in [0.2, 0.25) is 0 Å². The van der Waals surface area contributed by atoms with Crippen molar-refractivity contribution >= 4 is 16.1 Å². The van der Waals surface area contributed by atoms with Crippen molar-refractivity contribution in [3.8, 4) is 17.6 Å². The van der Waals surface area contributed by atoms with E-state index in [2.05, 4.69) is 6.58 Å². The molecule has 0 unspecified atom stereocenters. The average Bonchev–Trinajstić information content (AvgIpc) is 2.76. The molecule has 30 heavy (non-hydrogen) atoms. The molecule has 7 nitrogen and oxygen atoms in total. The Kier molecular flexibility index (Phi) is 9.06. The highest BCUT2D eigenvalue weighted by Crippen LogP contribution is 2.17. The Labute approximate surface area is 176 Å². The van der Waals surface area contributed by atoms with E-state index >= 15 is 0 Å². The van der Waals surface area contributed by atoms with E-state index in [-0.39, 0.29) is 6.61 Å². The van der Waals surface area contributed by atoms with E-state index in [0.29, 0.717) is 35.7 Å². The van der Waals surface area contributed by atoms with Crippen LogP contribution in [-0.2, 0) is 14.3 Å². The summed E-state index contributed by atoms with van der Waals surface area (Å²) in [4.78, 5) is 12.2. The lowest BCUT2D eigenvalue weighted by Crippen LogP contribution is -2.08. The van der Waals surface area contributed by atoms with Gasteiger partial charge in [0.15, 0.2) is 0 Å². The normalized spacial score (nSPS) is 10.8. The van der Waals surface area contributed by atoms with Crippen LogP contribution >= 0.6 is 0 Å². The molecular formula is C22H23NO6S. The molecule has 0 saturated heterocycles. The summed E-state index contributed by atoms with van der Waals surface area (Å²) in [5, 5.41) is 9.57. The lowest BCUT2D eigenvalue weighted by molar-refractivity contribution is 0.0734. The lowest BCUT2D eigenvalue weighted by Gasteiger charge is -2.08. The summed E-state index contributed by atoms with van der Waals surface area (Å²) in [5.41, 5.74) is 0.881. The number of hydrogen-bond donors (Lipinski definition) is 0. The second-order valence-corrected chi connectivity index (χ2v) is 7.85. The Morgan fingerprint density at radius 3 is 2.13 bits per heavy atom. The van der Waals surface area contributed by atoms with E-state index in [4.69, 9.17) is 18.9 Å². The van der Waals surface area contributed by atoms with Crippen LogP contribution in [0.15, 0.2) is 60.5 Å². The fraction of sp³-hybridized carbons (Fsp3) is 0.273. The molecule has 0 saturated carbocycles. The number of unbranched alkanes of at least 4 members (excludes halogenated alkanes) is 3. The lowest BCUT2D eigenvalue weighted by atomic mass is 10.2. The fourth-order valence-electron chi connectivity index (χ4n) is 2.42. The molecule has 2 aromatic rings. The standard InChI is InChI=1S/C22H23NO6S/c1-2-30(25,26)28-16-6-4-3-5-15-27-20-13-9-19(10-14-20)22(24)29-21-11-7-18(17-23)8-12-21/h2,7-14H,1,3-6,15-16H2. The van der Waals surface area contributed by atoms with E-state index in [1.807, 2.05) is 6.07 Å². The summed E-state index contributed by atoms with van der Waals surface area (Å²) in [7, 11) is -3.59. The first kappa shape index (κ1) is 23.1. The number of carbonyl (C=O) groups excluding carboxylic acids is 1. The molecule has 0 spiro atoms. The molecular weight excluding hydrogens is 406 g/mol. The van der Waals surface area contributed by atoms with Crippen molar-refractivity contribution in [2.24, 2.45) is 0 Å². The monoisotopic (exact) mass is 429 g/mol. The number of benzene rings is 2. The summed E-state index contributed by atoms with van der Waals surface area (Å²) in [6, 6.07) is 14.9. The van der Waals surface area contributed by atoms with Crippen molar-refractivity contribution in [3.05, 3.63) is 71.6 Å². The minimum Gasteiger partial charge on any atom is -0.494 e. The van der Waals surface area contributed by atoms with Crippen LogP contribution in [-0.4, -0.2) is 27.6 Å². The van der Waals surface area contributed by atoms with Crippen LogP contribution in [0, 0.1) is 11.3 Å². The van der Waals surface area contributed by atoms with Crippen molar-refractivity contribution < 1.29 is 26.9 Å². The van der Waals surface area contributed by atoms with Gasteiger partial charge in [-0.1, -0.05) is 13.0 Å². The molecule has 0 bridgehead atoms. The second-order valence-electron chi connectivity index (χ2n) is 6.29. The molecule has 0 atom stereocenters. The first-order chi connectivity index (χ1) is 14.4. The van der Waals surface area contributed by atoms with Crippen LogP contribution in [0.1, 0.15) is 41.6 Å². The van der Waals surface area contributed by atoms with Crippen molar-refractivity contribution in [1.82, 2.24) is 0 Å². The predicted octanol–water partition coefficient (Wildman–Crippen LogP) is 4.21. The Morgan fingerprint density at radius 1 is 0.933 bits per heavy atom. The topological polar surface area (TPSA) is 103 Å². The number of hydrogen-bond acceptors (Lipinski definition) is 7. The molecule has 0 aliphatic carbocycles. The smallest absolute Gasteiger partial charge is 0.343 e. The van der Waals surface area contributed by atoms with Crippen LogP contribution in [0.2, 0.25) is 0 Å². The minimum atomic E-state index is -3.59. The van der Waals surface area contributed by atoms with E-state index in [0.717, 1.165) is 24.7 Å². The Hall–Kier alpha value is -3.15. The van der Waals surface area contributed by atoms with Crippen molar-refractivity contribution in [3.63, 3.8) is 0 Å². The maximum Gasteiger partial charge on any atom is 0.343 e. The summed E-state index contributed by atoms with van der Waals surface area (Å²) in [6.07, 6.45) is 3.17. The summed E-state index contributed by atoms with van der Waals surface area (Å²) < 4.78 is 37.8. The van der Waals surface area contributed by atoms with Gasteiger partial charge in [-0.15, -0.1) is 0 Å². The first-order valence-corrected chi connectivity index (χ1v) is 10.9. The molecule has 158 valence electrons. The highest BCUT2D eigenvalue weighted by molar-refractivity contribution is 7.89. The Morgan fingerprint density at radius 2 is 1.53 bits per heavy atom. The zero-order chi connectivity index (χ0) is 21.8.